The van der Waals surface area contributed by atoms with Gasteiger partial charge in [0.05, 0.1) is 18.3 Å². The van der Waals surface area contributed by atoms with E-state index in [0.717, 1.165) is 21.3 Å². The fourth-order valence-corrected chi connectivity index (χ4v) is 2.23. The van der Waals surface area contributed by atoms with Crippen LogP contribution in [0, 0.1) is 0 Å². The molecule has 4 nitrogen and oxygen atoms in total. The smallest absolute Gasteiger partial charge is 0.138 e. The van der Waals surface area contributed by atoms with Crippen LogP contribution in [0.2, 0.25) is 0 Å². The molecule has 0 bridgehead atoms. The number of nitrogens with one attached hydrogen (secondary N) is 1. The van der Waals surface area contributed by atoms with E-state index in [1.54, 1.807) is 12.4 Å². The lowest BCUT2D eigenvalue weighted by Gasteiger charge is -2.18. The summed E-state index contributed by atoms with van der Waals surface area (Å²) >= 11 is 3.43. The zero-order valence-electron chi connectivity index (χ0n) is 11.5. The van der Waals surface area contributed by atoms with Gasteiger partial charge in [0.2, 0.25) is 0 Å². The van der Waals surface area contributed by atoms with E-state index in [0.29, 0.717) is 0 Å². The number of ether oxygens (including phenoxy) is 1. The molecule has 0 saturated carbocycles. The maximum atomic E-state index is 5.70. The molecule has 0 aliphatic heterocycles. The molecule has 0 aliphatic carbocycles. The van der Waals surface area contributed by atoms with Gasteiger partial charge in [-0.3, -0.25) is 10.8 Å². The van der Waals surface area contributed by atoms with Crippen molar-refractivity contribution in [1.82, 2.24) is 10.4 Å². The summed E-state index contributed by atoms with van der Waals surface area (Å²) in [6, 6.07) is 9.85. The Morgan fingerprint density at radius 3 is 2.45 bits per heavy atom. The van der Waals surface area contributed by atoms with Gasteiger partial charge in [0, 0.05) is 10.7 Å². The maximum absolute atomic E-state index is 5.70. The molecule has 0 radical (unpaired) electrons. The molecule has 1 heterocycles. The minimum absolute atomic E-state index is 0.115. The molecule has 5 heteroatoms. The monoisotopic (exact) mass is 335 g/mol. The predicted molar refractivity (Wildman–Crippen MR) is 83.3 cm³/mol. The lowest BCUT2D eigenvalue weighted by molar-refractivity contribution is 0.241. The number of benzene rings is 1. The summed E-state index contributed by atoms with van der Waals surface area (Å²) < 4.78 is 6.70. The van der Waals surface area contributed by atoms with E-state index in [-0.39, 0.29) is 12.1 Å². The Labute approximate surface area is 127 Å². The van der Waals surface area contributed by atoms with Gasteiger partial charge in [-0.2, -0.15) is 0 Å². The lowest BCUT2D eigenvalue weighted by atomic mass is 10.0. The molecule has 2 rings (SSSR count). The molecule has 106 valence electrons. The minimum Gasteiger partial charge on any atom is -0.489 e. The fourth-order valence-electron chi connectivity index (χ4n) is 1.97. The van der Waals surface area contributed by atoms with E-state index in [2.05, 4.69) is 26.3 Å². The second-order valence-corrected chi connectivity index (χ2v) is 5.69. The van der Waals surface area contributed by atoms with E-state index >= 15 is 0 Å². The zero-order valence-corrected chi connectivity index (χ0v) is 13.1. The highest BCUT2D eigenvalue weighted by Crippen LogP contribution is 2.25. The molecular formula is C15H18BrN3O. The van der Waals surface area contributed by atoms with E-state index < -0.39 is 0 Å². The van der Waals surface area contributed by atoms with Crippen LogP contribution in [0.3, 0.4) is 0 Å². The SMILES string of the molecule is CC(C)Oc1cncc(C(NN)c2ccc(Br)cc2)c1. The fraction of sp³-hybridized carbons (Fsp3) is 0.267. The number of halogens is 1. The zero-order chi connectivity index (χ0) is 14.5. The van der Waals surface area contributed by atoms with Crippen LogP contribution in [0.1, 0.15) is 31.0 Å². The van der Waals surface area contributed by atoms with Crippen LogP contribution in [-0.4, -0.2) is 11.1 Å². The van der Waals surface area contributed by atoms with Crippen molar-refractivity contribution in [3.05, 3.63) is 58.3 Å². The predicted octanol–water partition coefficient (Wildman–Crippen LogP) is 3.18. The van der Waals surface area contributed by atoms with E-state index in [1.807, 2.05) is 44.2 Å². The van der Waals surface area contributed by atoms with E-state index in [9.17, 15) is 0 Å². The minimum atomic E-state index is -0.119. The topological polar surface area (TPSA) is 60.2 Å². The molecule has 1 unspecified atom stereocenters. The summed E-state index contributed by atoms with van der Waals surface area (Å²) in [6.07, 6.45) is 3.61. The van der Waals surface area contributed by atoms with Crippen molar-refractivity contribution >= 4 is 15.9 Å². The summed E-state index contributed by atoms with van der Waals surface area (Å²) in [4.78, 5) is 4.22. The molecule has 0 aliphatic rings. The van der Waals surface area contributed by atoms with E-state index in [4.69, 9.17) is 10.6 Å². The normalized spacial score (nSPS) is 12.4. The van der Waals surface area contributed by atoms with Crippen molar-refractivity contribution in [2.24, 2.45) is 5.84 Å². The van der Waals surface area contributed by atoms with Crippen LogP contribution < -0.4 is 16.0 Å². The molecule has 1 aromatic carbocycles. The number of hydrazine groups is 1. The first-order valence-electron chi connectivity index (χ1n) is 6.43. The first-order valence-corrected chi connectivity index (χ1v) is 7.22. The number of nitrogens with zero attached hydrogens (tertiary/aromatic N) is 1. The van der Waals surface area contributed by atoms with Gasteiger partial charge in [0.25, 0.3) is 0 Å². The van der Waals surface area contributed by atoms with Gasteiger partial charge in [-0.1, -0.05) is 28.1 Å². The number of hydrogen-bond acceptors (Lipinski definition) is 4. The van der Waals surface area contributed by atoms with Gasteiger partial charge >= 0.3 is 0 Å². The number of nitrogens with two attached hydrogens (primary N) is 1. The molecule has 1 atom stereocenters. The first-order chi connectivity index (χ1) is 9.60. The Kier molecular flexibility index (Phi) is 5.11. The van der Waals surface area contributed by atoms with Crippen LogP contribution in [0.15, 0.2) is 47.2 Å². The highest BCUT2D eigenvalue weighted by Gasteiger charge is 2.13. The van der Waals surface area contributed by atoms with E-state index in [1.165, 1.54) is 0 Å². The van der Waals surface area contributed by atoms with Gasteiger partial charge in [-0.15, -0.1) is 0 Å². The third kappa shape index (κ3) is 3.79. The van der Waals surface area contributed by atoms with Gasteiger partial charge in [0.15, 0.2) is 0 Å². The number of aromatic nitrogens is 1. The van der Waals surface area contributed by atoms with Gasteiger partial charge in [-0.25, -0.2) is 5.43 Å². The highest BCUT2D eigenvalue weighted by atomic mass is 79.9. The molecule has 0 saturated heterocycles. The van der Waals surface area contributed by atoms with Gasteiger partial charge < -0.3 is 4.74 Å². The van der Waals surface area contributed by atoms with Crippen molar-refractivity contribution in [3.63, 3.8) is 0 Å². The Hall–Kier alpha value is -1.43. The van der Waals surface area contributed by atoms with Gasteiger partial charge in [0.1, 0.15) is 5.75 Å². The Bertz CT molecular complexity index is 557. The number of pyridine rings is 1. The molecule has 0 spiro atoms. The summed E-state index contributed by atoms with van der Waals surface area (Å²) in [5.74, 6) is 6.44. The third-order valence-electron chi connectivity index (χ3n) is 2.81. The van der Waals surface area contributed by atoms with Crippen molar-refractivity contribution in [2.45, 2.75) is 26.0 Å². The standard InChI is InChI=1S/C15H18BrN3O/c1-10(2)20-14-7-12(8-18-9-14)15(19-17)11-3-5-13(16)6-4-11/h3-10,15,19H,17H2,1-2H3. The quantitative estimate of drug-likeness (QED) is 0.650. The summed E-state index contributed by atoms with van der Waals surface area (Å²) in [7, 11) is 0. The Balaban J connectivity index is 2.29. The molecule has 1 aromatic heterocycles. The molecule has 0 fully saturated rings. The van der Waals surface area contributed by atoms with Crippen LogP contribution in [-0.2, 0) is 0 Å². The molecule has 2 aromatic rings. The maximum Gasteiger partial charge on any atom is 0.138 e. The van der Waals surface area contributed by atoms with Crippen LogP contribution in [0.4, 0.5) is 0 Å². The average molecular weight is 336 g/mol. The second kappa shape index (κ2) is 6.83. The van der Waals surface area contributed by atoms with Crippen LogP contribution in [0.5, 0.6) is 5.75 Å². The summed E-state index contributed by atoms with van der Waals surface area (Å²) in [6.45, 7) is 3.97. The molecular weight excluding hydrogens is 318 g/mol. The van der Waals surface area contributed by atoms with Gasteiger partial charge in [-0.05, 0) is 43.2 Å². The van der Waals surface area contributed by atoms with Crippen molar-refractivity contribution in [3.8, 4) is 5.75 Å². The van der Waals surface area contributed by atoms with Crippen molar-refractivity contribution in [2.75, 3.05) is 0 Å². The average Bonchev–Trinajstić information content (AvgIpc) is 2.41. The third-order valence-corrected chi connectivity index (χ3v) is 3.34. The lowest BCUT2D eigenvalue weighted by Crippen LogP contribution is -2.29. The van der Waals surface area contributed by atoms with Crippen LogP contribution in [0.25, 0.3) is 0 Å². The second-order valence-electron chi connectivity index (χ2n) is 4.77. The van der Waals surface area contributed by atoms with Crippen molar-refractivity contribution in [1.29, 1.82) is 0 Å². The Morgan fingerprint density at radius 2 is 1.85 bits per heavy atom. The summed E-state index contributed by atoms with van der Waals surface area (Å²) in [5, 5.41) is 0. The van der Waals surface area contributed by atoms with Crippen LogP contribution >= 0.6 is 15.9 Å². The molecule has 0 amide bonds. The number of hydrogen-bond donors (Lipinski definition) is 2. The highest BCUT2D eigenvalue weighted by molar-refractivity contribution is 9.10. The molecule has 3 N–H and O–H groups in total. The van der Waals surface area contributed by atoms with Crippen molar-refractivity contribution < 1.29 is 4.74 Å². The number of rotatable bonds is 5. The summed E-state index contributed by atoms with van der Waals surface area (Å²) in [5.41, 5.74) is 4.86. The molecule has 20 heavy (non-hydrogen) atoms. The first kappa shape index (κ1) is 15.0. The largest absolute Gasteiger partial charge is 0.489 e. The Morgan fingerprint density at radius 1 is 1.15 bits per heavy atom.